The number of nitrogens with two attached hydrogens (primary N) is 1. The van der Waals surface area contributed by atoms with Crippen molar-refractivity contribution >= 4 is 11.7 Å². The smallest absolute Gasteiger partial charge is 0.332 e. The number of methoxy groups -OCH3 is 3. The molecule has 1 aromatic carbocycles. The van der Waals surface area contributed by atoms with Crippen molar-refractivity contribution in [1.82, 2.24) is 5.43 Å². The van der Waals surface area contributed by atoms with Crippen LogP contribution in [-0.4, -0.2) is 33.1 Å². The summed E-state index contributed by atoms with van der Waals surface area (Å²) in [5, 5.41) is 3.84. The molecule has 0 saturated carbocycles. The molecule has 0 aliphatic heterocycles. The zero-order valence-corrected chi connectivity index (χ0v) is 11.3. The van der Waals surface area contributed by atoms with E-state index in [4.69, 9.17) is 19.9 Å². The molecule has 0 unspecified atom stereocenters. The van der Waals surface area contributed by atoms with Crippen LogP contribution in [0.4, 0.5) is 4.79 Å². The number of primary amides is 1. The van der Waals surface area contributed by atoms with Gasteiger partial charge in [0, 0.05) is 5.56 Å². The van der Waals surface area contributed by atoms with Crippen LogP contribution >= 0.6 is 0 Å². The molecule has 0 bridgehead atoms. The summed E-state index contributed by atoms with van der Waals surface area (Å²) >= 11 is 0. The molecule has 0 fully saturated rings. The van der Waals surface area contributed by atoms with Gasteiger partial charge in [-0.1, -0.05) is 0 Å². The van der Waals surface area contributed by atoms with Crippen molar-refractivity contribution in [3.05, 3.63) is 17.7 Å². The van der Waals surface area contributed by atoms with Crippen LogP contribution in [0.25, 0.3) is 0 Å². The molecule has 1 aromatic rings. The highest BCUT2D eigenvalue weighted by Crippen LogP contribution is 2.38. The molecule has 7 nitrogen and oxygen atoms in total. The SMILES string of the molecule is COc1cc(C(C)=NNC(N)=O)cc(OC)c1OC. The molecule has 0 radical (unpaired) electrons. The minimum absolute atomic E-state index is 0.490. The minimum atomic E-state index is -0.730. The first-order valence-corrected chi connectivity index (χ1v) is 5.43. The van der Waals surface area contributed by atoms with E-state index in [1.807, 2.05) is 0 Å². The first-order valence-electron chi connectivity index (χ1n) is 5.43. The van der Waals surface area contributed by atoms with Gasteiger partial charge in [0.15, 0.2) is 11.5 Å². The normalized spacial score (nSPS) is 10.8. The number of nitrogens with one attached hydrogen (secondary N) is 1. The van der Waals surface area contributed by atoms with E-state index >= 15 is 0 Å². The average Bonchev–Trinajstić information content (AvgIpc) is 2.42. The van der Waals surface area contributed by atoms with Crippen LogP contribution in [0.3, 0.4) is 0 Å². The van der Waals surface area contributed by atoms with E-state index < -0.39 is 6.03 Å². The molecule has 0 saturated heterocycles. The number of nitrogens with zero attached hydrogens (tertiary/aromatic N) is 1. The van der Waals surface area contributed by atoms with Crippen molar-refractivity contribution in [2.45, 2.75) is 6.92 Å². The number of benzene rings is 1. The second-order valence-corrected chi connectivity index (χ2v) is 3.59. The number of carbonyl (C=O) groups is 1. The van der Waals surface area contributed by atoms with Gasteiger partial charge in [0.05, 0.1) is 27.0 Å². The lowest BCUT2D eigenvalue weighted by atomic mass is 10.1. The summed E-state index contributed by atoms with van der Waals surface area (Å²) in [5.41, 5.74) is 8.38. The van der Waals surface area contributed by atoms with E-state index in [-0.39, 0.29) is 0 Å². The van der Waals surface area contributed by atoms with Crippen LogP contribution in [0.5, 0.6) is 17.2 Å². The Morgan fingerprint density at radius 2 is 1.68 bits per heavy atom. The number of rotatable bonds is 5. The maximum Gasteiger partial charge on any atom is 0.332 e. The van der Waals surface area contributed by atoms with Crippen LogP contribution in [0.1, 0.15) is 12.5 Å². The second-order valence-electron chi connectivity index (χ2n) is 3.59. The van der Waals surface area contributed by atoms with Crippen molar-refractivity contribution in [2.75, 3.05) is 21.3 Å². The number of hydrogen-bond acceptors (Lipinski definition) is 5. The van der Waals surface area contributed by atoms with E-state index in [0.717, 1.165) is 0 Å². The minimum Gasteiger partial charge on any atom is -0.493 e. The molecule has 104 valence electrons. The molecule has 3 N–H and O–H groups in total. The van der Waals surface area contributed by atoms with Crippen molar-refractivity contribution in [2.24, 2.45) is 10.8 Å². The fraction of sp³-hybridized carbons (Fsp3) is 0.333. The average molecular weight is 267 g/mol. The van der Waals surface area contributed by atoms with Gasteiger partial charge >= 0.3 is 6.03 Å². The molecule has 0 atom stereocenters. The summed E-state index contributed by atoms with van der Waals surface area (Å²) in [4.78, 5) is 10.6. The molecule has 0 spiro atoms. The lowest BCUT2D eigenvalue weighted by Crippen LogP contribution is -2.25. The van der Waals surface area contributed by atoms with E-state index in [9.17, 15) is 4.79 Å². The number of carbonyl (C=O) groups excluding carboxylic acids is 1. The number of hydrazone groups is 1. The molecule has 0 aliphatic carbocycles. The highest BCUT2D eigenvalue weighted by atomic mass is 16.5. The van der Waals surface area contributed by atoms with Gasteiger partial charge in [0.25, 0.3) is 0 Å². The highest BCUT2D eigenvalue weighted by Gasteiger charge is 2.14. The summed E-state index contributed by atoms with van der Waals surface area (Å²) < 4.78 is 15.7. The third-order valence-electron chi connectivity index (χ3n) is 2.42. The fourth-order valence-corrected chi connectivity index (χ4v) is 1.49. The number of urea groups is 1. The van der Waals surface area contributed by atoms with Crippen LogP contribution < -0.4 is 25.4 Å². The lowest BCUT2D eigenvalue weighted by molar-refractivity contribution is 0.249. The van der Waals surface area contributed by atoms with Gasteiger partial charge in [0.2, 0.25) is 5.75 Å². The predicted octanol–water partition coefficient (Wildman–Crippen LogP) is 1.10. The summed E-state index contributed by atoms with van der Waals surface area (Å²) in [6.45, 7) is 1.72. The zero-order chi connectivity index (χ0) is 14.4. The molecule has 0 aliphatic rings. The second kappa shape index (κ2) is 6.48. The third kappa shape index (κ3) is 3.51. The van der Waals surface area contributed by atoms with E-state index in [1.54, 1.807) is 19.1 Å². The molecule has 2 amide bonds. The predicted molar refractivity (Wildman–Crippen MR) is 71.0 cm³/mol. The Balaban J connectivity index is 3.22. The highest BCUT2D eigenvalue weighted by molar-refractivity contribution is 6.00. The molecular formula is C12H17N3O4. The van der Waals surface area contributed by atoms with Crippen molar-refractivity contribution < 1.29 is 19.0 Å². The van der Waals surface area contributed by atoms with Crippen molar-refractivity contribution in [1.29, 1.82) is 0 Å². The Bertz CT molecular complexity index is 475. The van der Waals surface area contributed by atoms with Gasteiger partial charge in [-0.05, 0) is 19.1 Å². The lowest BCUT2D eigenvalue weighted by Gasteiger charge is -2.13. The van der Waals surface area contributed by atoms with Gasteiger partial charge in [-0.2, -0.15) is 5.10 Å². The first kappa shape index (κ1) is 14.6. The van der Waals surface area contributed by atoms with Gasteiger partial charge in [-0.15, -0.1) is 0 Å². The third-order valence-corrected chi connectivity index (χ3v) is 2.42. The molecule has 0 heterocycles. The first-order chi connectivity index (χ1) is 9.03. The summed E-state index contributed by atoms with van der Waals surface area (Å²) in [7, 11) is 4.57. The van der Waals surface area contributed by atoms with Crippen LogP contribution in [0.15, 0.2) is 17.2 Å². The van der Waals surface area contributed by atoms with E-state index in [0.29, 0.717) is 28.5 Å². The maximum absolute atomic E-state index is 10.6. The van der Waals surface area contributed by atoms with E-state index in [1.165, 1.54) is 21.3 Å². The molecule has 19 heavy (non-hydrogen) atoms. The number of ether oxygens (including phenoxy) is 3. The van der Waals surface area contributed by atoms with Crippen molar-refractivity contribution in [3.8, 4) is 17.2 Å². The maximum atomic E-state index is 10.6. The fourth-order valence-electron chi connectivity index (χ4n) is 1.49. The van der Waals surface area contributed by atoms with Crippen LogP contribution in [0, 0.1) is 0 Å². The van der Waals surface area contributed by atoms with Gasteiger partial charge < -0.3 is 19.9 Å². The quantitative estimate of drug-likeness (QED) is 0.617. The molecule has 1 rings (SSSR count). The van der Waals surface area contributed by atoms with Crippen LogP contribution in [-0.2, 0) is 0 Å². The summed E-state index contributed by atoms with van der Waals surface area (Å²) in [6.07, 6.45) is 0. The largest absolute Gasteiger partial charge is 0.493 e. The summed E-state index contributed by atoms with van der Waals surface area (Å²) in [6, 6.07) is 2.72. The Labute approximate surface area is 111 Å². The van der Waals surface area contributed by atoms with Gasteiger partial charge in [0.1, 0.15) is 0 Å². The molecule has 7 heteroatoms. The molecule has 0 aromatic heterocycles. The number of hydrogen-bond donors (Lipinski definition) is 2. The van der Waals surface area contributed by atoms with Gasteiger partial charge in [-0.3, -0.25) is 0 Å². The van der Waals surface area contributed by atoms with Gasteiger partial charge in [-0.25, -0.2) is 10.2 Å². The number of amides is 2. The standard InChI is InChI=1S/C12H17N3O4/c1-7(14-15-12(13)16)8-5-9(17-2)11(19-4)10(6-8)18-3/h5-6H,1-4H3,(H3,13,15,16). The topological polar surface area (TPSA) is 95.2 Å². The zero-order valence-electron chi connectivity index (χ0n) is 11.3. The summed E-state index contributed by atoms with van der Waals surface area (Å²) in [5.74, 6) is 1.50. The Kier molecular flexibility index (Phi) is 4.99. The Hall–Kier alpha value is -2.44. The monoisotopic (exact) mass is 267 g/mol. The van der Waals surface area contributed by atoms with E-state index in [2.05, 4.69) is 10.5 Å². The Morgan fingerprint density at radius 1 is 1.16 bits per heavy atom. The van der Waals surface area contributed by atoms with Crippen molar-refractivity contribution in [3.63, 3.8) is 0 Å². The van der Waals surface area contributed by atoms with Crippen LogP contribution in [0.2, 0.25) is 0 Å². The molecular weight excluding hydrogens is 250 g/mol. The Morgan fingerprint density at radius 3 is 2.05 bits per heavy atom.